The van der Waals surface area contributed by atoms with E-state index in [9.17, 15) is 0 Å². The Kier molecular flexibility index (Phi) is 6.61. The van der Waals surface area contributed by atoms with Gasteiger partial charge in [-0.1, -0.05) is 6.07 Å². The van der Waals surface area contributed by atoms with Crippen molar-refractivity contribution in [3.8, 4) is 6.07 Å². The number of nitrogens with one attached hydrogen (secondary N) is 1. The summed E-state index contributed by atoms with van der Waals surface area (Å²) in [5.41, 5.74) is 1.19. The lowest BCUT2D eigenvalue weighted by molar-refractivity contribution is 0.0611. The van der Waals surface area contributed by atoms with E-state index in [1.807, 2.05) is 12.3 Å². The maximum absolute atomic E-state index is 8.86. The number of nitriles is 1. The van der Waals surface area contributed by atoms with Gasteiger partial charge in [0.15, 0.2) is 0 Å². The number of hydrogen-bond donors (Lipinski definition) is 1. The summed E-state index contributed by atoms with van der Waals surface area (Å²) in [5.74, 6) is 0. The topological polar surface area (TPSA) is 61.2 Å². The van der Waals surface area contributed by atoms with Crippen LogP contribution in [0.4, 0.5) is 0 Å². The second kappa shape index (κ2) is 8.73. The van der Waals surface area contributed by atoms with Crippen LogP contribution in [-0.2, 0) is 11.3 Å². The second-order valence-corrected chi connectivity index (χ2v) is 5.55. The van der Waals surface area contributed by atoms with Crippen molar-refractivity contribution in [2.24, 2.45) is 0 Å². The fraction of sp³-hybridized carbons (Fsp3) is 0.625. The minimum Gasteiger partial charge on any atom is -0.379 e. The molecule has 0 spiro atoms. The van der Waals surface area contributed by atoms with Gasteiger partial charge in [0.25, 0.3) is 0 Å². The van der Waals surface area contributed by atoms with Crippen LogP contribution in [0.1, 0.15) is 25.3 Å². The molecule has 2 heterocycles. The molecule has 0 aliphatic carbocycles. The third kappa shape index (κ3) is 5.43. The van der Waals surface area contributed by atoms with E-state index < -0.39 is 0 Å². The van der Waals surface area contributed by atoms with Gasteiger partial charge in [-0.05, 0) is 25.0 Å². The summed E-state index contributed by atoms with van der Waals surface area (Å²) in [4.78, 5) is 6.53. The first-order chi connectivity index (χ1) is 10.3. The molecule has 1 aromatic heterocycles. The first-order valence-corrected chi connectivity index (χ1v) is 7.60. The van der Waals surface area contributed by atoms with Crippen molar-refractivity contribution >= 4 is 0 Å². The zero-order chi connectivity index (χ0) is 14.9. The summed E-state index contributed by atoms with van der Waals surface area (Å²) >= 11 is 0. The monoisotopic (exact) mass is 288 g/mol. The van der Waals surface area contributed by atoms with Crippen molar-refractivity contribution in [1.29, 1.82) is 5.26 Å². The Morgan fingerprint density at radius 2 is 2.52 bits per heavy atom. The molecule has 1 saturated heterocycles. The summed E-state index contributed by atoms with van der Waals surface area (Å²) in [6.07, 6.45) is 5.27. The molecule has 1 fully saturated rings. The van der Waals surface area contributed by atoms with Crippen LogP contribution in [0.15, 0.2) is 24.5 Å². The number of morpholine rings is 1. The van der Waals surface area contributed by atoms with Gasteiger partial charge in [-0.25, -0.2) is 0 Å². The van der Waals surface area contributed by atoms with Gasteiger partial charge in [0.2, 0.25) is 0 Å². The molecule has 1 aliphatic rings. The average molecular weight is 288 g/mol. The standard InChI is InChI=1S/C16H24N4O/c1-14(10-16-13-21-9-7-19-16)20(8-3-5-17)12-15-4-2-6-18-11-15/h2,4,6,11,14,16,19H,3,7-10,12-13H2,1H3. The number of pyridine rings is 1. The molecule has 5 nitrogen and oxygen atoms in total. The van der Waals surface area contributed by atoms with Crippen molar-refractivity contribution in [3.63, 3.8) is 0 Å². The van der Waals surface area contributed by atoms with Crippen LogP contribution in [0.5, 0.6) is 0 Å². The van der Waals surface area contributed by atoms with Gasteiger partial charge in [0.1, 0.15) is 0 Å². The fourth-order valence-electron chi connectivity index (χ4n) is 2.71. The molecule has 0 saturated carbocycles. The Labute approximate surface area is 126 Å². The van der Waals surface area contributed by atoms with E-state index in [4.69, 9.17) is 10.00 Å². The highest BCUT2D eigenvalue weighted by molar-refractivity contribution is 5.08. The van der Waals surface area contributed by atoms with Crippen molar-refractivity contribution in [3.05, 3.63) is 30.1 Å². The Morgan fingerprint density at radius 1 is 1.62 bits per heavy atom. The molecule has 5 heteroatoms. The molecule has 0 aromatic carbocycles. The first-order valence-electron chi connectivity index (χ1n) is 7.60. The summed E-state index contributed by atoms with van der Waals surface area (Å²) in [7, 11) is 0. The third-order valence-corrected chi connectivity index (χ3v) is 3.87. The maximum Gasteiger partial charge on any atom is 0.0635 e. The molecule has 1 aromatic rings. The van der Waals surface area contributed by atoms with Crippen molar-refractivity contribution in [2.75, 3.05) is 26.3 Å². The highest BCUT2D eigenvalue weighted by Crippen LogP contribution is 2.13. The lowest BCUT2D eigenvalue weighted by atomic mass is 10.1. The molecular formula is C16H24N4O. The number of ether oxygens (including phenoxy) is 1. The number of hydrogen-bond acceptors (Lipinski definition) is 5. The summed E-state index contributed by atoms with van der Waals surface area (Å²) in [6, 6.07) is 7.10. The van der Waals surface area contributed by atoms with Crippen LogP contribution in [0.3, 0.4) is 0 Å². The van der Waals surface area contributed by atoms with E-state index in [1.165, 1.54) is 5.56 Å². The molecule has 0 radical (unpaired) electrons. The molecule has 2 rings (SSSR count). The average Bonchev–Trinajstić information content (AvgIpc) is 2.53. The second-order valence-electron chi connectivity index (χ2n) is 5.55. The maximum atomic E-state index is 8.86. The third-order valence-electron chi connectivity index (χ3n) is 3.87. The quantitative estimate of drug-likeness (QED) is 0.825. The van der Waals surface area contributed by atoms with E-state index in [2.05, 4.69) is 34.3 Å². The van der Waals surface area contributed by atoms with Gasteiger partial charge in [-0.15, -0.1) is 0 Å². The first kappa shape index (κ1) is 15.9. The smallest absolute Gasteiger partial charge is 0.0635 e. The zero-order valence-corrected chi connectivity index (χ0v) is 12.7. The van der Waals surface area contributed by atoms with Crippen LogP contribution in [-0.4, -0.2) is 48.3 Å². The Bertz CT molecular complexity index is 439. The summed E-state index contributed by atoms with van der Waals surface area (Å²) in [6.45, 7) is 6.37. The Morgan fingerprint density at radius 3 is 3.19 bits per heavy atom. The van der Waals surface area contributed by atoms with Crippen LogP contribution >= 0.6 is 0 Å². The van der Waals surface area contributed by atoms with Gasteiger partial charge < -0.3 is 10.1 Å². The van der Waals surface area contributed by atoms with Crippen LogP contribution < -0.4 is 5.32 Å². The molecule has 21 heavy (non-hydrogen) atoms. The summed E-state index contributed by atoms with van der Waals surface area (Å²) in [5, 5.41) is 12.4. The minimum absolute atomic E-state index is 0.401. The molecule has 1 N–H and O–H groups in total. The zero-order valence-electron chi connectivity index (χ0n) is 12.7. The summed E-state index contributed by atoms with van der Waals surface area (Å²) < 4.78 is 5.52. The van der Waals surface area contributed by atoms with Crippen LogP contribution in [0.25, 0.3) is 0 Å². The molecule has 2 unspecified atom stereocenters. The van der Waals surface area contributed by atoms with E-state index in [0.29, 0.717) is 18.5 Å². The van der Waals surface area contributed by atoms with Gasteiger partial charge in [0.05, 0.1) is 19.3 Å². The van der Waals surface area contributed by atoms with Crippen LogP contribution in [0.2, 0.25) is 0 Å². The normalized spacial score (nSPS) is 20.1. The predicted octanol–water partition coefficient (Wildman–Crippen LogP) is 1.56. The number of aromatic nitrogens is 1. The minimum atomic E-state index is 0.401. The largest absolute Gasteiger partial charge is 0.379 e. The molecule has 114 valence electrons. The van der Waals surface area contributed by atoms with Crippen molar-refractivity contribution in [2.45, 2.75) is 38.4 Å². The number of nitrogens with zero attached hydrogens (tertiary/aromatic N) is 3. The lowest BCUT2D eigenvalue weighted by Crippen LogP contribution is -2.46. The van der Waals surface area contributed by atoms with Crippen LogP contribution in [0, 0.1) is 11.3 Å². The highest BCUT2D eigenvalue weighted by atomic mass is 16.5. The van der Waals surface area contributed by atoms with E-state index in [1.54, 1.807) is 6.20 Å². The molecule has 2 atom stereocenters. The van der Waals surface area contributed by atoms with Gasteiger partial charge in [0, 0.05) is 50.5 Å². The molecule has 0 bridgehead atoms. The Balaban J connectivity index is 1.92. The lowest BCUT2D eigenvalue weighted by Gasteiger charge is -2.33. The predicted molar refractivity (Wildman–Crippen MR) is 81.6 cm³/mol. The van der Waals surface area contributed by atoms with Gasteiger partial charge in [-0.3, -0.25) is 9.88 Å². The van der Waals surface area contributed by atoms with E-state index in [-0.39, 0.29) is 0 Å². The molecular weight excluding hydrogens is 264 g/mol. The highest BCUT2D eigenvalue weighted by Gasteiger charge is 2.20. The van der Waals surface area contributed by atoms with E-state index in [0.717, 1.165) is 39.3 Å². The molecule has 1 aliphatic heterocycles. The Hall–Kier alpha value is -1.48. The van der Waals surface area contributed by atoms with Crippen molar-refractivity contribution in [1.82, 2.24) is 15.2 Å². The molecule has 0 amide bonds. The van der Waals surface area contributed by atoms with Crippen molar-refractivity contribution < 1.29 is 4.74 Å². The van der Waals surface area contributed by atoms with E-state index >= 15 is 0 Å². The van der Waals surface area contributed by atoms with Gasteiger partial charge >= 0.3 is 0 Å². The van der Waals surface area contributed by atoms with Gasteiger partial charge in [-0.2, -0.15) is 5.26 Å². The number of rotatable bonds is 7. The fourth-order valence-corrected chi connectivity index (χ4v) is 2.71. The SMILES string of the molecule is CC(CC1COCCN1)N(CCC#N)Cc1cccnc1.